The van der Waals surface area contributed by atoms with Crippen LogP contribution in [0.2, 0.25) is 0 Å². The predicted octanol–water partition coefficient (Wildman–Crippen LogP) is 3.09. The first-order valence-corrected chi connectivity index (χ1v) is 6.28. The summed E-state index contributed by atoms with van der Waals surface area (Å²) < 4.78 is 0. The monoisotopic (exact) mass is 280 g/mol. The first kappa shape index (κ1) is 13.4. The van der Waals surface area contributed by atoms with E-state index < -0.39 is 10.00 Å². The van der Waals surface area contributed by atoms with Crippen molar-refractivity contribution < 1.29 is 0 Å². The number of hydrogen-bond acceptors (Lipinski definition) is 2. The molecule has 0 heterocycles. The second-order valence-corrected chi connectivity index (χ2v) is 5.35. The van der Waals surface area contributed by atoms with Crippen LogP contribution in [0.5, 0.6) is 0 Å². The van der Waals surface area contributed by atoms with E-state index in [-0.39, 0.29) is 0 Å². The van der Waals surface area contributed by atoms with Crippen molar-refractivity contribution in [2.75, 3.05) is 0 Å². The van der Waals surface area contributed by atoms with Crippen molar-refractivity contribution in [3.05, 3.63) is 71.8 Å². The molecule has 2 rings (SSSR count). The topological polar surface area (TPSA) is 52.0 Å². The Morgan fingerprint density at radius 3 is 1.17 bits per heavy atom. The largest absolute Gasteiger partial charge is 0.306 e. The van der Waals surface area contributed by atoms with Crippen molar-refractivity contribution in [1.29, 1.82) is 0 Å². The lowest BCUT2D eigenvalue weighted by molar-refractivity contribution is 0.449. The van der Waals surface area contributed by atoms with E-state index in [0.717, 1.165) is 0 Å². The first-order chi connectivity index (χ1) is 8.46. The molecule has 0 radical (unpaired) electrons. The third-order valence-corrected chi connectivity index (χ3v) is 4.05. The van der Waals surface area contributed by atoms with Crippen molar-refractivity contribution in [2.24, 2.45) is 11.5 Å². The SMILES string of the molecule is NC(Cl)(c1ccccc1)C(N)(Cl)c1ccccc1. The lowest BCUT2D eigenvalue weighted by atomic mass is 9.93. The predicted molar refractivity (Wildman–Crippen MR) is 76.3 cm³/mol. The van der Waals surface area contributed by atoms with Gasteiger partial charge in [0.05, 0.1) is 0 Å². The summed E-state index contributed by atoms with van der Waals surface area (Å²) >= 11 is 12.8. The molecule has 0 amide bonds. The molecule has 0 fully saturated rings. The Balaban J connectivity index is 2.47. The van der Waals surface area contributed by atoms with Crippen molar-refractivity contribution >= 4 is 23.2 Å². The van der Waals surface area contributed by atoms with Gasteiger partial charge in [-0.15, -0.1) is 0 Å². The highest BCUT2D eigenvalue weighted by molar-refractivity contribution is 6.34. The van der Waals surface area contributed by atoms with Crippen molar-refractivity contribution in [2.45, 2.75) is 10.00 Å². The molecule has 4 heteroatoms. The van der Waals surface area contributed by atoms with Crippen LogP contribution < -0.4 is 11.5 Å². The molecular weight excluding hydrogens is 267 g/mol. The highest BCUT2D eigenvalue weighted by Crippen LogP contribution is 2.42. The van der Waals surface area contributed by atoms with Crippen molar-refractivity contribution in [3.63, 3.8) is 0 Å². The van der Waals surface area contributed by atoms with Gasteiger partial charge in [0.15, 0.2) is 10.00 Å². The molecule has 4 N–H and O–H groups in total. The maximum absolute atomic E-state index is 6.41. The van der Waals surface area contributed by atoms with E-state index in [1.165, 1.54) is 0 Å². The number of hydrogen-bond donors (Lipinski definition) is 2. The Morgan fingerprint density at radius 2 is 0.889 bits per heavy atom. The Kier molecular flexibility index (Phi) is 3.64. The van der Waals surface area contributed by atoms with Crippen molar-refractivity contribution in [1.82, 2.24) is 0 Å². The Labute approximate surface area is 117 Å². The summed E-state index contributed by atoms with van der Waals surface area (Å²) in [6.07, 6.45) is 0. The van der Waals surface area contributed by atoms with E-state index >= 15 is 0 Å². The molecule has 0 spiro atoms. The van der Waals surface area contributed by atoms with Gasteiger partial charge in [0.2, 0.25) is 0 Å². The first-order valence-electron chi connectivity index (χ1n) is 5.53. The van der Waals surface area contributed by atoms with E-state index in [4.69, 9.17) is 34.7 Å². The van der Waals surface area contributed by atoms with Gasteiger partial charge in [0.25, 0.3) is 0 Å². The quantitative estimate of drug-likeness (QED) is 0.671. The third kappa shape index (κ3) is 2.25. The zero-order valence-electron chi connectivity index (χ0n) is 9.68. The lowest BCUT2D eigenvalue weighted by Crippen LogP contribution is -2.54. The fourth-order valence-electron chi connectivity index (χ4n) is 1.78. The standard InChI is InChI=1S/C14H14Cl2N2/c15-13(17,11-7-3-1-4-8-11)14(16,18)12-9-5-2-6-10-12/h1-10H,17-18H2. The molecule has 0 aliphatic heterocycles. The van der Waals surface area contributed by atoms with Gasteiger partial charge in [-0.25, -0.2) is 0 Å². The molecule has 94 valence electrons. The zero-order chi connectivity index (χ0) is 13.2. The van der Waals surface area contributed by atoms with E-state index in [1.807, 2.05) is 36.4 Å². The number of benzene rings is 2. The van der Waals surface area contributed by atoms with Crippen LogP contribution in [0, 0.1) is 0 Å². The normalized spacial score (nSPS) is 17.8. The number of nitrogens with two attached hydrogens (primary N) is 2. The molecule has 2 atom stereocenters. The summed E-state index contributed by atoms with van der Waals surface area (Å²) in [6, 6.07) is 18.4. The van der Waals surface area contributed by atoms with Crippen LogP contribution in [0.15, 0.2) is 60.7 Å². The molecule has 2 unspecified atom stereocenters. The Bertz CT molecular complexity index is 460. The Morgan fingerprint density at radius 1 is 0.611 bits per heavy atom. The van der Waals surface area contributed by atoms with Crippen LogP contribution in [0.3, 0.4) is 0 Å². The van der Waals surface area contributed by atoms with Crippen LogP contribution >= 0.6 is 23.2 Å². The smallest absolute Gasteiger partial charge is 0.153 e. The van der Waals surface area contributed by atoms with Crippen molar-refractivity contribution in [3.8, 4) is 0 Å². The van der Waals surface area contributed by atoms with Gasteiger partial charge >= 0.3 is 0 Å². The van der Waals surface area contributed by atoms with E-state index in [1.54, 1.807) is 24.3 Å². The van der Waals surface area contributed by atoms with Gasteiger partial charge in [-0.3, -0.25) is 0 Å². The summed E-state index contributed by atoms with van der Waals surface area (Å²) in [4.78, 5) is -2.78. The van der Waals surface area contributed by atoms with Crippen LogP contribution in [0.25, 0.3) is 0 Å². The van der Waals surface area contributed by atoms with Crippen LogP contribution in [-0.4, -0.2) is 0 Å². The second kappa shape index (κ2) is 4.90. The second-order valence-electron chi connectivity index (χ2n) is 4.16. The van der Waals surface area contributed by atoms with Gasteiger partial charge in [0.1, 0.15) is 0 Å². The fraction of sp³-hybridized carbons (Fsp3) is 0.143. The molecule has 0 bridgehead atoms. The molecule has 0 saturated carbocycles. The lowest BCUT2D eigenvalue weighted by Gasteiger charge is -2.37. The van der Waals surface area contributed by atoms with Gasteiger partial charge in [-0.05, 0) is 11.1 Å². The number of halogens is 2. The molecule has 2 aromatic carbocycles. The summed E-state index contributed by atoms with van der Waals surface area (Å²) in [6.45, 7) is 0. The van der Waals surface area contributed by atoms with Crippen LogP contribution in [0.1, 0.15) is 11.1 Å². The molecule has 0 saturated heterocycles. The van der Waals surface area contributed by atoms with Crippen LogP contribution in [0.4, 0.5) is 0 Å². The number of rotatable bonds is 3. The van der Waals surface area contributed by atoms with E-state index in [9.17, 15) is 0 Å². The summed E-state index contributed by atoms with van der Waals surface area (Å²) in [5, 5.41) is 0. The molecule has 0 aromatic heterocycles. The third-order valence-electron chi connectivity index (χ3n) is 2.92. The van der Waals surface area contributed by atoms with Gasteiger partial charge in [0, 0.05) is 0 Å². The maximum atomic E-state index is 6.41. The molecule has 18 heavy (non-hydrogen) atoms. The van der Waals surface area contributed by atoms with Crippen LogP contribution in [-0.2, 0) is 10.00 Å². The molecule has 0 aliphatic rings. The molecule has 0 aliphatic carbocycles. The maximum Gasteiger partial charge on any atom is 0.153 e. The molecule has 2 aromatic rings. The summed E-state index contributed by atoms with van der Waals surface area (Å²) in [5.41, 5.74) is 13.7. The summed E-state index contributed by atoms with van der Waals surface area (Å²) in [5.74, 6) is 0. The minimum absolute atomic E-state index is 0.674. The van der Waals surface area contributed by atoms with Gasteiger partial charge < -0.3 is 11.5 Å². The average molecular weight is 281 g/mol. The zero-order valence-corrected chi connectivity index (χ0v) is 11.2. The minimum Gasteiger partial charge on any atom is -0.306 e. The summed E-state index contributed by atoms with van der Waals surface area (Å²) in [7, 11) is 0. The fourth-order valence-corrected chi connectivity index (χ4v) is 2.25. The molecule has 2 nitrogen and oxygen atoms in total. The van der Waals surface area contributed by atoms with E-state index in [2.05, 4.69) is 0 Å². The Hall–Kier alpha value is -1.06. The van der Waals surface area contributed by atoms with Gasteiger partial charge in [-0.2, -0.15) is 0 Å². The highest BCUT2D eigenvalue weighted by atomic mass is 35.5. The minimum atomic E-state index is -1.39. The van der Waals surface area contributed by atoms with E-state index in [0.29, 0.717) is 11.1 Å². The molecular formula is C14H14Cl2N2. The van der Waals surface area contributed by atoms with Gasteiger partial charge in [-0.1, -0.05) is 83.9 Å². The number of alkyl halides is 2. The highest BCUT2D eigenvalue weighted by Gasteiger charge is 2.46. The average Bonchev–Trinajstić information content (AvgIpc) is 2.40.